The van der Waals surface area contributed by atoms with Crippen LogP contribution in [0.3, 0.4) is 0 Å². The topological polar surface area (TPSA) is 54.5 Å². The average molecular weight is 293 g/mol. The monoisotopic (exact) mass is 293 g/mol. The third-order valence-electron chi connectivity index (χ3n) is 4.35. The van der Waals surface area contributed by atoms with E-state index in [0.717, 1.165) is 18.5 Å². The molecule has 108 valence electrons. The van der Waals surface area contributed by atoms with Gasteiger partial charge in [-0.05, 0) is 43.5 Å². The van der Waals surface area contributed by atoms with E-state index >= 15 is 0 Å². The summed E-state index contributed by atoms with van der Waals surface area (Å²) in [7, 11) is -3.15. The molecule has 1 aromatic rings. The fraction of sp³-hybridized carbons (Fsp3) is 0.533. The van der Waals surface area contributed by atoms with Crippen LogP contribution in [0.1, 0.15) is 32.1 Å². The zero-order valence-corrected chi connectivity index (χ0v) is 12.4. The number of carbonyl (C=O) groups is 1. The van der Waals surface area contributed by atoms with Crippen LogP contribution in [0.25, 0.3) is 0 Å². The molecular formula is C15H19NO3S. The maximum atomic E-state index is 11.7. The highest BCUT2D eigenvalue weighted by Crippen LogP contribution is 2.36. The molecule has 2 aliphatic heterocycles. The Morgan fingerprint density at radius 1 is 1.05 bits per heavy atom. The summed E-state index contributed by atoms with van der Waals surface area (Å²) in [4.78, 5) is 14.4. The van der Waals surface area contributed by atoms with Crippen molar-refractivity contribution in [1.82, 2.24) is 0 Å². The van der Waals surface area contributed by atoms with Gasteiger partial charge in [0.05, 0.1) is 4.90 Å². The van der Waals surface area contributed by atoms with Crippen LogP contribution in [0.4, 0.5) is 5.69 Å². The minimum atomic E-state index is -3.15. The zero-order chi connectivity index (χ0) is 14.3. The van der Waals surface area contributed by atoms with E-state index in [9.17, 15) is 13.2 Å². The molecule has 0 N–H and O–H groups in total. The Kier molecular flexibility index (Phi) is 3.32. The number of carbonyl (C=O) groups excluding carboxylic acids is 1. The van der Waals surface area contributed by atoms with E-state index < -0.39 is 9.84 Å². The molecule has 2 atom stereocenters. The number of ketones is 1. The highest BCUT2D eigenvalue weighted by atomic mass is 32.2. The molecule has 0 radical (unpaired) electrons. The first kappa shape index (κ1) is 13.6. The Morgan fingerprint density at radius 2 is 1.60 bits per heavy atom. The van der Waals surface area contributed by atoms with Crippen LogP contribution in [-0.2, 0) is 14.6 Å². The highest BCUT2D eigenvalue weighted by molar-refractivity contribution is 7.90. The standard InChI is InChI=1S/C15H19NO3S/c1-20(18,19)15-7-5-11(6-8-15)16-12-3-2-4-13(16)10-14(17)9-12/h5-8,12-13H,2-4,9-10H2,1H3. The number of Topliss-reactive ketones (excluding diaryl/α,β-unsaturated/α-hetero) is 1. The molecule has 2 unspecified atom stereocenters. The van der Waals surface area contributed by atoms with Gasteiger partial charge < -0.3 is 4.90 Å². The molecule has 0 amide bonds. The number of nitrogens with zero attached hydrogens (tertiary/aromatic N) is 1. The lowest BCUT2D eigenvalue weighted by Crippen LogP contribution is -2.52. The van der Waals surface area contributed by atoms with E-state index in [1.165, 1.54) is 12.7 Å². The second-order valence-electron chi connectivity index (χ2n) is 5.86. The minimum Gasteiger partial charge on any atom is -0.365 e. The first-order valence-electron chi connectivity index (χ1n) is 7.05. The number of hydrogen-bond donors (Lipinski definition) is 0. The molecule has 20 heavy (non-hydrogen) atoms. The molecule has 2 heterocycles. The predicted octanol–water partition coefficient (Wildman–Crippen LogP) is 2.18. The molecule has 0 spiro atoms. The number of fused-ring (bicyclic) bond motifs is 2. The number of benzene rings is 1. The summed E-state index contributed by atoms with van der Waals surface area (Å²) in [6.07, 6.45) is 5.76. The van der Waals surface area contributed by atoms with Crippen LogP contribution in [0.15, 0.2) is 29.2 Å². The second-order valence-corrected chi connectivity index (χ2v) is 7.87. The summed E-state index contributed by atoms with van der Waals surface area (Å²) in [6.45, 7) is 0. The summed E-state index contributed by atoms with van der Waals surface area (Å²) >= 11 is 0. The number of rotatable bonds is 2. The summed E-state index contributed by atoms with van der Waals surface area (Å²) in [5.41, 5.74) is 1.04. The largest absolute Gasteiger partial charge is 0.365 e. The number of sulfone groups is 1. The summed E-state index contributed by atoms with van der Waals surface area (Å²) in [6, 6.07) is 7.65. The van der Waals surface area contributed by atoms with Gasteiger partial charge in [-0.25, -0.2) is 8.42 Å². The van der Waals surface area contributed by atoms with Gasteiger partial charge in [-0.2, -0.15) is 0 Å². The fourth-order valence-corrected chi connectivity index (χ4v) is 4.09. The Hall–Kier alpha value is -1.36. The van der Waals surface area contributed by atoms with Crippen molar-refractivity contribution < 1.29 is 13.2 Å². The molecule has 2 aliphatic rings. The van der Waals surface area contributed by atoms with Crippen molar-refractivity contribution in [1.29, 1.82) is 0 Å². The Labute approximate surface area is 119 Å². The van der Waals surface area contributed by atoms with Gasteiger partial charge in [0.15, 0.2) is 9.84 Å². The quantitative estimate of drug-likeness (QED) is 0.838. The molecule has 0 saturated carbocycles. The van der Waals surface area contributed by atoms with E-state index in [0.29, 0.717) is 35.6 Å². The molecule has 2 bridgehead atoms. The maximum absolute atomic E-state index is 11.7. The van der Waals surface area contributed by atoms with Crippen LogP contribution in [0.5, 0.6) is 0 Å². The van der Waals surface area contributed by atoms with Crippen LogP contribution in [0, 0.1) is 0 Å². The van der Waals surface area contributed by atoms with Gasteiger partial charge in [-0.1, -0.05) is 0 Å². The molecule has 2 fully saturated rings. The normalized spacial score (nSPS) is 26.6. The molecule has 1 aromatic carbocycles. The smallest absolute Gasteiger partial charge is 0.175 e. The lowest BCUT2D eigenvalue weighted by Gasteiger charge is -2.47. The molecule has 0 aliphatic carbocycles. The van der Waals surface area contributed by atoms with Crippen LogP contribution < -0.4 is 4.90 Å². The maximum Gasteiger partial charge on any atom is 0.175 e. The zero-order valence-electron chi connectivity index (χ0n) is 11.6. The highest BCUT2D eigenvalue weighted by Gasteiger charge is 2.37. The lowest BCUT2D eigenvalue weighted by molar-refractivity contribution is -0.121. The van der Waals surface area contributed by atoms with Crippen molar-refractivity contribution in [3.63, 3.8) is 0 Å². The molecule has 5 heteroatoms. The van der Waals surface area contributed by atoms with Crippen molar-refractivity contribution in [2.75, 3.05) is 11.2 Å². The summed E-state index contributed by atoms with van der Waals surface area (Å²) in [5.74, 6) is 0.365. The lowest BCUT2D eigenvalue weighted by atomic mass is 9.83. The van der Waals surface area contributed by atoms with Gasteiger partial charge >= 0.3 is 0 Å². The second kappa shape index (κ2) is 4.88. The van der Waals surface area contributed by atoms with Crippen molar-refractivity contribution in [3.8, 4) is 0 Å². The van der Waals surface area contributed by atoms with Gasteiger partial charge in [0, 0.05) is 36.9 Å². The SMILES string of the molecule is CS(=O)(=O)c1ccc(N2C3CCCC2CC(=O)C3)cc1. The van der Waals surface area contributed by atoms with Crippen molar-refractivity contribution in [2.24, 2.45) is 0 Å². The van der Waals surface area contributed by atoms with Crippen molar-refractivity contribution in [3.05, 3.63) is 24.3 Å². The molecule has 2 saturated heterocycles. The molecule has 0 aromatic heterocycles. The first-order valence-corrected chi connectivity index (χ1v) is 8.94. The average Bonchev–Trinajstić information content (AvgIpc) is 2.37. The van der Waals surface area contributed by atoms with E-state index in [2.05, 4.69) is 4.90 Å². The van der Waals surface area contributed by atoms with Gasteiger partial charge in [0.1, 0.15) is 5.78 Å². The minimum absolute atomic E-state index is 0.291. The number of piperidine rings is 2. The van der Waals surface area contributed by atoms with Crippen molar-refractivity contribution in [2.45, 2.75) is 49.1 Å². The summed E-state index contributed by atoms with van der Waals surface area (Å²) in [5, 5.41) is 0. The van der Waals surface area contributed by atoms with E-state index in [1.807, 2.05) is 12.1 Å². The third-order valence-corrected chi connectivity index (χ3v) is 5.48. The molecular weight excluding hydrogens is 274 g/mol. The van der Waals surface area contributed by atoms with Gasteiger partial charge in [0.25, 0.3) is 0 Å². The Balaban J connectivity index is 1.91. The summed E-state index contributed by atoms with van der Waals surface area (Å²) < 4.78 is 23.0. The van der Waals surface area contributed by atoms with Crippen LogP contribution >= 0.6 is 0 Å². The molecule has 4 nitrogen and oxygen atoms in total. The third kappa shape index (κ3) is 2.46. The van der Waals surface area contributed by atoms with E-state index in [1.54, 1.807) is 12.1 Å². The predicted molar refractivity (Wildman–Crippen MR) is 77.7 cm³/mol. The van der Waals surface area contributed by atoms with Crippen LogP contribution in [0.2, 0.25) is 0 Å². The Bertz CT molecular complexity index is 605. The van der Waals surface area contributed by atoms with Gasteiger partial charge in [-0.15, -0.1) is 0 Å². The van der Waals surface area contributed by atoms with Crippen LogP contribution in [-0.4, -0.2) is 32.5 Å². The molecule has 3 rings (SSSR count). The fourth-order valence-electron chi connectivity index (χ4n) is 3.46. The van der Waals surface area contributed by atoms with Gasteiger partial charge in [-0.3, -0.25) is 4.79 Å². The van der Waals surface area contributed by atoms with E-state index in [4.69, 9.17) is 0 Å². The van der Waals surface area contributed by atoms with E-state index in [-0.39, 0.29) is 0 Å². The van der Waals surface area contributed by atoms with Gasteiger partial charge in [0.2, 0.25) is 0 Å². The Morgan fingerprint density at radius 3 is 2.10 bits per heavy atom. The first-order chi connectivity index (χ1) is 9.45. The number of anilines is 1. The van der Waals surface area contributed by atoms with Crippen molar-refractivity contribution >= 4 is 21.3 Å². The number of hydrogen-bond acceptors (Lipinski definition) is 4.